The number of ether oxygens (including phenoxy) is 1. The fourth-order valence-electron chi connectivity index (χ4n) is 2.14. The monoisotopic (exact) mass is 310 g/mol. The van der Waals surface area contributed by atoms with Gasteiger partial charge in [-0.05, 0) is 42.2 Å². The Morgan fingerprint density at radius 3 is 2.38 bits per heavy atom. The molecule has 1 nitrogen and oxygen atoms in total. The van der Waals surface area contributed by atoms with Gasteiger partial charge in [-0.3, -0.25) is 0 Å². The Balaban J connectivity index is 2.17. The van der Waals surface area contributed by atoms with Gasteiger partial charge in [-0.25, -0.2) is 8.78 Å². The number of hydrogen-bond donors (Lipinski definition) is 0. The summed E-state index contributed by atoms with van der Waals surface area (Å²) in [6, 6.07) is 8.79. The van der Waals surface area contributed by atoms with Crippen LogP contribution < -0.4 is 4.74 Å². The van der Waals surface area contributed by atoms with Crippen LogP contribution in [0.15, 0.2) is 36.4 Å². The van der Waals surface area contributed by atoms with Crippen molar-refractivity contribution in [2.75, 3.05) is 0 Å². The molecule has 0 aliphatic heterocycles. The fraction of sp³-hybridized carbons (Fsp3) is 0.294. The van der Waals surface area contributed by atoms with Crippen LogP contribution in [0.3, 0.4) is 0 Å². The summed E-state index contributed by atoms with van der Waals surface area (Å²) < 4.78 is 32.0. The second-order valence-corrected chi connectivity index (χ2v) is 5.79. The molecule has 0 aliphatic rings. The lowest BCUT2D eigenvalue weighted by Gasteiger charge is -2.14. The van der Waals surface area contributed by atoms with Crippen molar-refractivity contribution in [3.05, 3.63) is 64.2 Å². The first-order valence-electron chi connectivity index (χ1n) is 6.81. The van der Waals surface area contributed by atoms with Crippen molar-refractivity contribution in [1.82, 2.24) is 0 Å². The zero-order valence-electron chi connectivity index (χ0n) is 12.0. The van der Waals surface area contributed by atoms with E-state index in [1.807, 2.05) is 12.1 Å². The van der Waals surface area contributed by atoms with Crippen molar-refractivity contribution in [2.24, 2.45) is 5.92 Å². The standard InChI is InChI=1S/C17H17ClF2O/c1-11(2)6-15-16(18)4-3-5-17(15)21-10-12-7-13(19)9-14(20)8-12/h3-5,7-9,11H,6,10H2,1-2H3. The minimum atomic E-state index is -0.609. The maximum atomic E-state index is 13.2. The molecule has 0 N–H and O–H groups in total. The quantitative estimate of drug-likeness (QED) is 0.719. The highest BCUT2D eigenvalue weighted by Gasteiger charge is 2.11. The first-order chi connectivity index (χ1) is 9.95. The van der Waals surface area contributed by atoms with Crippen LogP contribution in [0.25, 0.3) is 0 Å². The average Bonchev–Trinajstić information content (AvgIpc) is 2.38. The Labute approximate surface area is 128 Å². The lowest BCUT2D eigenvalue weighted by molar-refractivity contribution is 0.300. The predicted octanol–water partition coefficient (Wildman–Crippen LogP) is 5.40. The first kappa shape index (κ1) is 15.8. The minimum absolute atomic E-state index is 0.0973. The van der Waals surface area contributed by atoms with Gasteiger partial charge < -0.3 is 4.74 Å². The van der Waals surface area contributed by atoms with Gasteiger partial charge in [0.25, 0.3) is 0 Å². The Kier molecular flexibility index (Phi) is 5.18. The first-order valence-corrected chi connectivity index (χ1v) is 7.18. The Hall–Kier alpha value is -1.61. The summed E-state index contributed by atoms with van der Waals surface area (Å²) in [6.07, 6.45) is 0.784. The van der Waals surface area contributed by atoms with Crippen molar-refractivity contribution in [2.45, 2.75) is 26.9 Å². The third-order valence-corrected chi connectivity index (χ3v) is 3.36. The van der Waals surface area contributed by atoms with E-state index in [2.05, 4.69) is 13.8 Å². The maximum Gasteiger partial charge on any atom is 0.126 e. The van der Waals surface area contributed by atoms with E-state index in [1.165, 1.54) is 12.1 Å². The fourth-order valence-corrected chi connectivity index (χ4v) is 2.38. The summed E-state index contributed by atoms with van der Waals surface area (Å²) in [6.45, 7) is 4.28. The van der Waals surface area contributed by atoms with Gasteiger partial charge >= 0.3 is 0 Å². The molecule has 4 heteroatoms. The highest BCUT2D eigenvalue weighted by molar-refractivity contribution is 6.31. The molecule has 0 saturated heterocycles. The van der Waals surface area contributed by atoms with Crippen molar-refractivity contribution in [3.8, 4) is 5.75 Å². The van der Waals surface area contributed by atoms with E-state index in [4.69, 9.17) is 16.3 Å². The molecule has 0 amide bonds. The highest BCUT2D eigenvalue weighted by Crippen LogP contribution is 2.29. The van der Waals surface area contributed by atoms with Gasteiger partial charge in [0.2, 0.25) is 0 Å². The molecular formula is C17H17ClF2O. The zero-order chi connectivity index (χ0) is 15.4. The van der Waals surface area contributed by atoms with E-state index in [0.717, 1.165) is 18.1 Å². The van der Waals surface area contributed by atoms with E-state index in [9.17, 15) is 8.78 Å². The molecule has 0 spiro atoms. The van der Waals surface area contributed by atoms with Gasteiger partial charge in [-0.15, -0.1) is 0 Å². The Morgan fingerprint density at radius 2 is 1.76 bits per heavy atom. The summed E-state index contributed by atoms with van der Waals surface area (Å²) >= 11 is 6.21. The van der Waals surface area contributed by atoms with Gasteiger partial charge in [0.1, 0.15) is 24.0 Å². The molecule has 112 valence electrons. The lowest BCUT2D eigenvalue weighted by atomic mass is 10.0. The van der Waals surface area contributed by atoms with E-state index in [-0.39, 0.29) is 6.61 Å². The van der Waals surface area contributed by atoms with E-state index < -0.39 is 11.6 Å². The van der Waals surface area contributed by atoms with Crippen LogP contribution in [0.4, 0.5) is 8.78 Å². The molecule has 2 aromatic carbocycles. The van der Waals surface area contributed by atoms with Gasteiger partial charge in [-0.2, -0.15) is 0 Å². The largest absolute Gasteiger partial charge is 0.489 e. The molecule has 2 aromatic rings. The smallest absolute Gasteiger partial charge is 0.126 e. The van der Waals surface area contributed by atoms with Gasteiger partial charge in [0.15, 0.2) is 0 Å². The summed E-state index contributed by atoms with van der Waals surface area (Å²) in [7, 11) is 0. The van der Waals surface area contributed by atoms with Crippen LogP contribution >= 0.6 is 11.6 Å². The number of benzene rings is 2. The predicted molar refractivity (Wildman–Crippen MR) is 80.7 cm³/mol. The molecular weight excluding hydrogens is 294 g/mol. The normalized spacial score (nSPS) is 11.0. The van der Waals surface area contributed by atoms with Crippen LogP contribution in [0.1, 0.15) is 25.0 Å². The lowest BCUT2D eigenvalue weighted by Crippen LogP contribution is -2.02. The minimum Gasteiger partial charge on any atom is -0.489 e. The third kappa shape index (κ3) is 4.43. The van der Waals surface area contributed by atoms with Crippen molar-refractivity contribution in [1.29, 1.82) is 0 Å². The molecule has 0 unspecified atom stereocenters. The summed E-state index contributed by atoms with van der Waals surface area (Å²) in [4.78, 5) is 0. The van der Waals surface area contributed by atoms with E-state index >= 15 is 0 Å². The van der Waals surface area contributed by atoms with Crippen molar-refractivity contribution >= 4 is 11.6 Å². The summed E-state index contributed by atoms with van der Waals surface area (Å²) in [5.74, 6) is -0.135. The second-order valence-electron chi connectivity index (χ2n) is 5.38. The summed E-state index contributed by atoms with van der Waals surface area (Å²) in [5.41, 5.74) is 1.37. The van der Waals surface area contributed by atoms with Crippen molar-refractivity contribution < 1.29 is 13.5 Å². The van der Waals surface area contributed by atoms with Crippen LogP contribution in [-0.2, 0) is 13.0 Å². The Bertz CT molecular complexity index is 606. The van der Waals surface area contributed by atoms with E-state index in [1.54, 1.807) is 6.07 Å². The molecule has 0 heterocycles. The number of halogens is 3. The molecule has 21 heavy (non-hydrogen) atoms. The van der Waals surface area contributed by atoms with Crippen molar-refractivity contribution in [3.63, 3.8) is 0 Å². The number of rotatable bonds is 5. The third-order valence-electron chi connectivity index (χ3n) is 3.00. The molecule has 0 aliphatic carbocycles. The van der Waals surface area contributed by atoms with Crippen LogP contribution in [0.2, 0.25) is 5.02 Å². The molecule has 0 aromatic heterocycles. The maximum absolute atomic E-state index is 13.2. The molecule has 0 fully saturated rings. The van der Waals surface area contributed by atoms with Gasteiger partial charge in [0.05, 0.1) is 0 Å². The molecule has 0 saturated carbocycles. The SMILES string of the molecule is CC(C)Cc1c(Cl)cccc1OCc1cc(F)cc(F)c1. The average molecular weight is 311 g/mol. The van der Waals surface area contributed by atoms with Crippen LogP contribution in [0.5, 0.6) is 5.75 Å². The molecule has 0 bridgehead atoms. The zero-order valence-corrected chi connectivity index (χ0v) is 12.8. The van der Waals surface area contributed by atoms with Gasteiger partial charge in [-0.1, -0.05) is 31.5 Å². The summed E-state index contributed by atoms with van der Waals surface area (Å²) in [5, 5.41) is 0.645. The molecule has 0 atom stereocenters. The topological polar surface area (TPSA) is 9.23 Å². The van der Waals surface area contributed by atoms with E-state index in [0.29, 0.717) is 22.3 Å². The highest BCUT2D eigenvalue weighted by atomic mass is 35.5. The second kappa shape index (κ2) is 6.90. The molecule has 0 radical (unpaired) electrons. The molecule has 2 rings (SSSR count). The van der Waals surface area contributed by atoms with Crippen LogP contribution in [-0.4, -0.2) is 0 Å². The van der Waals surface area contributed by atoms with Gasteiger partial charge in [0, 0.05) is 16.7 Å². The van der Waals surface area contributed by atoms with Crippen LogP contribution in [0, 0.1) is 17.6 Å². The number of hydrogen-bond acceptors (Lipinski definition) is 1. The Morgan fingerprint density at radius 1 is 1.10 bits per heavy atom.